The molecule has 0 aliphatic carbocycles. The van der Waals surface area contributed by atoms with Gasteiger partial charge in [0.1, 0.15) is 17.1 Å². The van der Waals surface area contributed by atoms with Crippen LogP contribution in [0, 0.1) is 10.1 Å². The normalized spacial score (nSPS) is 10.7. The van der Waals surface area contributed by atoms with Crippen molar-refractivity contribution >= 4 is 16.7 Å². The van der Waals surface area contributed by atoms with Crippen LogP contribution in [0.4, 0.5) is 5.69 Å². The molecule has 0 spiro atoms. The summed E-state index contributed by atoms with van der Waals surface area (Å²) in [7, 11) is 0. The topological polar surface area (TPSA) is 112 Å². The zero-order valence-electron chi connectivity index (χ0n) is 15.0. The van der Waals surface area contributed by atoms with Crippen molar-refractivity contribution in [2.45, 2.75) is 19.3 Å². The van der Waals surface area contributed by atoms with Gasteiger partial charge in [-0.05, 0) is 49.6 Å². The van der Waals surface area contributed by atoms with E-state index in [0.717, 1.165) is 25.0 Å². The van der Waals surface area contributed by atoms with Crippen LogP contribution in [0.15, 0.2) is 57.7 Å². The molecule has 2 aromatic carbocycles. The highest BCUT2D eigenvalue weighted by molar-refractivity contribution is 5.87. The fourth-order valence-electron chi connectivity index (χ4n) is 2.68. The number of para-hydroxylation sites is 1. The molecule has 0 amide bonds. The first-order valence-electron chi connectivity index (χ1n) is 8.81. The van der Waals surface area contributed by atoms with Crippen LogP contribution in [0.3, 0.4) is 0 Å². The molecule has 8 nitrogen and oxygen atoms in total. The molecule has 1 heterocycles. The van der Waals surface area contributed by atoms with Crippen molar-refractivity contribution in [1.29, 1.82) is 0 Å². The summed E-state index contributed by atoms with van der Waals surface area (Å²) < 4.78 is 16.1. The summed E-state index contributed by atoms with van der Waals surface area (Å²) in [5, 5.41) is 21.0. The maximum Gasteiger partial charge on any atom is 0.419 e. The molecule has 0 saturated carbocycles. The van der Waals surface area contributed by atoms with Gasteiger partial charge in [-0.1, -0.05) is 18.2 Å². The van der Waals surface area contributed by atoms with E-state index in [9.17, 15) is 20.0 Å². The summed E-state index contributed by atoms with van der Waals surface area (Å²) in [5.74, 6) is 0.543. The molecule has 8 heteroatoms. The second kappa shape index (κ2) is 8.90. The first kappa shape index (κ1) is 19.2. The first-order chi connectivity index (χ1) is 13.6. The van der Waals surface area contributed by atoms with Crippen molar-refractivity contribution in [3.63, 3.8) is 0 Å². The lowest BCUT2D eigenvalue weighted by Crippen LogP contribution is -2.07. The molecule has 0 bridgehead atoms. The molecule has 0 aliphatic rings. The predicted octanol–water partition coefficient (Wildman–Crippen LogP) is 4.03. The van der Waals surface area contributed by atoms with Crippen molar-refractivity contribution in [1.82, 2.24) is 0 Å². The summed E-state index contributed by atoms with van der Waals surface area (Å²) >= 11 is 0. The third-order valence-electron chi connectivity index (χ3n) is 4.08. The van der Waals surface area contributed by atoms with Gasteiger partial charge < -0.3 is 19.0 Å². The molecule has 0 unspecified atom stereocenters. The van der Waals surface area contributed by atoms with Crippen LogP contribution in [-0.2, 0) is 0 Å². The fraction of sp³-hybridized carbons (Fsp3) is 0.250. The zero-order chi connectivity index (χ0) is 19.9. The van der Waals surface area contributed by atoms with E-state index in [0.29, 0.717) is 19.0 Å². The van der Waals surface area contributed by atoms with Crippen molar-refractivity contribution < 1.29 is 23.9 Å². The standard InChI is InChI=1S/C20H19NO7/c22-19-16-13-15(9-10-17(16)28-20(23)18(19)21(24)25)27-12-6-2-5-11-26-14-7-3-1-4-8-14/h1,3-4,7-10,13,22H,2,5-6,11-12H2. The van der Waals surface area contributed by atoms with E-state index in [1.807, 2.05) is 30.3 Å². The van der Waals surface area contributed by atoms with E-state index in [-0.39, 0.29) is 11.0 Å². The molecule has 146 valence electrons. The maximum absolute atomic E-state index is 11.6. The number of rotatable bonds is 9. The molecule has 1 N–H and O–H groups in total. The van der Waals surface area contributed by atoms with Gasteiger partial charge in [0.25, 0.3) is 0 Å². The quantitative estimate of drug-likeness (QED) is 0.256. The molecule has 0 saturated heterocycles. The fourth-order valence-corrected chi connectivity index (χ4v) is 2.68. The lowest BCUT2D eigenvalue weighted by molar-refractivity contribution is -0.388. The van der Waals surface area contributed by atoms with E-state index in [2.05, 4.69) is 0 Å². The second-order valence-corrected chi connectivity index (χ2v) is 6.07. The van der Waals surface area contributed by atoms with Gasteiger partial charge in [0.15, 0.2) is 0 Å². The Balaban J connectivity index is 1.50. The lowest BCUT2D eigenvalue weighted by atomic mass is 10.2. The van der Waals surface area contributed by atoms with Gasteiger partial charge in [0.2, 0.25) is 5.75 Å². The van der Waals surface area contributed by atoms with Crippen molar-refractivity contribution in [2.75, 3.05) is 13.2 Å². The molecule has 0 fully saturated rings. The highest BCUT2D eigenvalue weighted by atomic mass is 16.6. The van der Waals surface area contributed by atoms with Crippen LogP contribution in [0.5, 0.6) is 17.2 Å². The average Bonchev–Trinajstić information content (AvgIpc) is 2.68. The van der Waals surface area contributed by atoms with Crippen LogP contribution < -0.4 is 15.1 Å². The number of hydrogen-bond donors (Lipinski definition) is 1. The maximum atomic E-state index is 11.6. The van der Waals surface area contributed by atoms with E-state index < -0.39 is 22.0 Å². The molecule has 0 atom stereocenters. The van der Waals surface area contributed by atoms with Gasteiger partial charge in [-0.2, -0.15) is 0 Å². The third-order valence-corrected chi connectivity index (χ3v) is 4.08. The summed E-state index contributed by atoms with van der Waals surface area (Å²) in [5.41, 5.74) is -2.12. The van der Waals surface area contributed by atoms with Gasteiger partial charge in [-0.25, -0.2) is 4.79 Å². The van der Waals surface area contributed by atoms with E-state index in [4.69, 9.17) is 13.9 Å². The minimum Gasteiger partial charge on any atom is -0.501 e. The van der Waals surface area contributed by atoms with Crippen LogP contribution in [0.25, 0.3) is 11.0 Å². The summed E-state index contributed by atoms with van der Waals surface area (Å²) in [4.78, 5) is 21.5. The highest BCUT2D eigenvalue weighted by Gasteiger charge is 2.24. The van der Waals surface area contributed by atoms with Gasteiger partial charge in [0.05, 0.1) is 23.5 Å². The van der Waals surface area contributed by atoms with Gasteiger partial charge in [-0.15, -0.1) is 0 Å². The second-order valence-electron chi connectivity index (χ2n) is 6.07. The largest absolute Gasteiger partial charge is 0.501 e. The molecule has 3 rings (SSSR count). The Labute approximate surface area is 160 Å². The monoisotopic (exact) mass is 385 g/mol. The zero-order valence-corrected chi connectivity index (χ0v) is 15.0. The van der Waals surface area contributed by atoms with E-state index in [1.165, 1.54) is 12.1 Å². The predicted molar refractivity (Wildman–Crippen MR) is 102 cm³/mol. The minimum atomic E-state index is -1.19. The molecular formula is C20H19NO7. The SMILES string of the molecule is O=c1oc2ccc(OCCCCCOc3ccccc3)cc2c(O)c1[N+](=O)[O-]. The Morgan fingerprint density at radius 2 is 1.64 bits per heavy atom. The highest BCUT2D eigenvalue weighted by Crippen LogP contribution is 2.33. The lowest BCUT2D eigenvalue weighted by Gasteiger charge is -2.08. The molecule has 3 aromatic rings. The molecule has 1 aromatic heterocycles. The van der Waals surface area contributed by atoms with E-state index >= 15 is 0 Å². The Morgan fingerprint density at radius 1 is 0.964 bits per heavy atom. The molecule has 28 heavy (non-hydrogen) atoms. The molecule has 0 aliphatic heterocycles. The number of aromatic hydroxyl groups is 1. The number of fused-ring (bicyclic) bond motifs is 1. The third kappa shape index (κ3) is 4.59. The summed E-state index contributed by atoms with van der Waals surface area (Å²) in [6.45, 7) is 1.06. The summed E-state index contributed by atoms with van der Waals surface area (Å²) in [6.07, 6.45) is 2.59. The number of ether oxygens (including phenoxy) is 2. The number of nitro groups is 1. The van der Waals surface area contributed by atoms with Crippen molar-refractivity contribution in [2.24, 2.45) is 0 Å². The number of benzene rings is 2. The van der Waals surface area contributed by atoms with Crippen LogP contribution in [0.1, 0.15) is 19.3 Å². The van der Waals surface area contributed by atoms with Gasteiger partial charge in [-0.3, -0.25) is 10.1 Å². The number of nitrogens with zero attached hydrogens (tertiary/aromatic N) is 1. The van der Waals surface area contributed by atoms with E-state index in [1.54, 1.807) is 6.07 Å². The number of unbranched alkanes of at least 4 members (excludes halogenated alkanes) is 2. The Morgan fingerprint density at radius 3 is 2.32 bits per heavy atom. The Bertz CT molecular complexity index is 1010. The van der Waals surface area contributed by atoms with Gasteiger partial charge >= 0.3 is 11.3 Å². The van der Waals surface area contributed by atoms with Crippen molar-refractivity contribution in [3.05, 3.63) is 69.1 Å². The van der Waals surface area contributed by atoms with Crippen molar-refractivity contribution in [3.8, 4) is 17.2 Å². The van der Waals surface area contributed by atoms with Crippen LogP contribution >= 0.6 is 0 Å². The smallest absolute Gasteiger partial charge is 0.419 e. The number of hydrogen-bond acceptors (Lipinski definition) is 7. The molecular weight excluding hydrogens is 366 g/mol. The summed E-state index contributed by atoms with van der Waals surface area (Å²) in [6, 6.07) is 14.0. The van der Waals surface area contributed by atoms with Gasteiger partial charge in [0, 0.05) is 0 Å². The molecule has 0 radical (unpaired) electrons. The minimum absolute atomic E-state index is 0.0542. The van der Waals surface area contributed by atoms with Crippen LogP contribution in [0.2, 0.25) is 0 Å². The first-order valence-corrected chi connectivity index (χ1v) is 8.81. The Kier molecular flexibility index (Phi) is 6.11. The average molecular weight is 385 g/mol. The Hall–Kier alpha value is -3.55. The van der Waals surface area contributed by atoms with Crippen LogP contribution in [-0.4, -0.2) is 23.2 Å².